The Labute approximate surface area is 174 Å². The van der Waals surface area contributed by atoms with Crippen LogP contribution in [-0.2, 0) is 6.42 Å². The van der Waals surface area contributed by atoms with E-state index in [1.165, 1.54) is 82.6 Å². The van der Waals surface area contributed by atoms with Crippen molar-refractivity contribution in [1.29, 1.82) is 0 Å². The first kappa shape index (κ1) is 21.4. The number of benzene rings is 1. The van der Waals surface area contributed by atoms with E-state index in [0.717, 1.165) is 17.8 Å². The lowest BCUT2D eigenvalue weighted by Gasteiger charge is -2.28. The van der Waals surface area contributed by atoms with Crippen molar-refractivity contribution in [2.45, 2.75) is 96.8 Å². The maximum Gasteiger partial charge on any atom is -0.00531 e. The monoisotopic (exact) mass is 378 g/mol. The van der Waals surface area contributed by atoms with Gasteiger partial charge in [-0.25, -0.2) is 0 Å². The molecule has 2 unspecified atom stereocenters. The lowest BCUT2D eigenvalue weighted by Crippen LogP contribution is -2.12. The van der Waals surface area contributed by atoms with Gasteiger partial charge in [0.2, 0.25) is 0 Å². The largest absolute Gasteiger partial charge is 0.0848 e. The van der Waals surface area contributed by atoms with Crippen molar-refractivity contribution in [3.05, 3.63) is 59.7 Å². The van der Waals surface area contributed by atoms with Crippen LogP contribution in [0.1, 0.15) is 102 Å². The minimum atomic E-state index is 0.700. The normalized spacial score (nSPS) is 28.1. The predicted octanol–water partition coefficient (Wildman–Crippen LogP) is 8.63. The van der Waals surface area contributed by atoms with Crippen LogP contribution in [0.15, 0.2) is 48.6 Å². The van der Waals surface area contributed by atoms with E-state index in [1.54, 1.807) is 5.56 Å². The summed E-state index contributed by atoms with van der Waals surface area (Å²) in [5, 5.41) is 0. The highest BCUT2D eigenvalue weighted by atomic mass is 14.3. The third-order valence-corrected chi connectivity index (χ3v) is 7.07. The number of hydrogen-bond donors (Lipinski definition) is 0. The molecule has 28 heavy (non-hydrogen) atoms. The first-order valence-corrected chi connectivity index (χ1v) is 12.2. The van der Waals surface area contributed by atoms with Crippen LogP contribution < -0.4 is 0 Å². The molecule has 1 aromatic carbocycles. The van der Waals surface area contributed by atoms with Crippen molar-refractivity contribution in [1.82, 2.24) is 0 Å². The van der Waals surface area contributed by atoms with E-state index in [0.29, 0.717) is 5.92 Å². The van der Waals surface area contributed by atoms with Gasteiger partial charge in [0.1, 0.15) is 0 Å². The molecule has 0 bridgehead atoms. The van der Waals surface area contributed by atoms with E-state index < -0.39 is 0 Å². The topological polar surface area (TPSA) is 0 Å². The lowest BCUT2D eigenvalue weighted by molar-refractivity contribution is 0.374. The summed E-state index contributed by atoms with van der Waals surface area (Å²) in [6.45, 7) is 4.56. The molecule has 0 N–H and O–H groups in total. The Morgan fingerprint density at radius 2 is 1.57 bits per heavy atom. The lowest BCUT2D eigenvalue weighted by atomic mass is 9.78. The Morgan fingerprint density at radius 1 is 0.786 bits per heavy atom. The summed E-state index contributed by atoms with van der Waals surface area (Å²) in [7, 11) is 0. The molecule has 0 heterocycles. The maximum absolute atomic E-state index is 2.56. The van der Waals surface area contributed by atoms with Gasteiger partial charge in [-0.15, -0.1) is 0 Å². The molecule has 2 atom stereocenters. The molecule has 2 aliphatic rings. The molecule has 1 fully saturated rings. The van der Waals surface area contributed by atoms with Crippen LogP contribution in [-0.4, -0.2) is 0 Å². The van der Waals surface area contributed by atoms with Gasteiger partial charge in [0.25, 0.3) is 0 Å². The highest BCUT2D eigenvalue weighted by Gasteiger charge is 2.21. The first-order valence-electron chi connectivity index (χ1n) is 12.2. The van der Waals surface area contributed by atoms with Gasteiger partial charge in [-0.05, 0) is 86.2 Å². The average Bonchev–Trinajstić information content (AvgIpc) is 2.75. The number of rotatable bonds is 9. The van der Waals surface area contributed by atoms with Gasteiger partial charge in [0.15, 0.2) is 0 Å². The Hall–Kier alpha value is -1.30. The highest BCUT2D eigenvalue weighted by Crippen LogP contribution is 2.37. The van der Waals surface area contributed by atoms with E-state index in [4.69, 9.17) is 0 Å². The van der Waals surface area contributed by atoms with Gasteiger partial charge in [0, 0.05) is 0 Å². The van der Waals surface area contributed by atoms with Crippen molar-refractivity contribution in [2.75, 3.05) is 0 Å². The van der Waals surface area contributed by atoms with Crippen molar-refractivity contribution in [2.24, 2.45) is 17.8 Å². The Bertz CT molecular complexity index is 597. The van der Waals surface area contributed by atoms with Crippen LogP contribution in [0.25, 0.3) is 0 Å². The van der Waals surface area contributed by atoms with Crippen LogP contribution >= 0.6 is 0 Å². The molecule has 1 aromatic rings. The zero-order valence-corrected chi connectivity index (χ0v) is 18.4. The predicted molar refractivity (Wildman–Crippen MR) is 124 cm³/mol. The molecule has 1 saturated carbocycles. The molecule has 0 nitrogen and oxygen atoms in total. The van der Waals surface area contributed by atoms with Crippen LogP contribution in [0.2, 0.25) is 0 Å². The van der Waals surface area contributed by atoms with E-state index in [2.05, 4.69) is 62.4 Å². The average molecular weight is 379 g/mol. The fraction of sp³-hybridized carbons (Fsp3) is 0.643. The molecule has 0 saturated heterocycles. The summed E-state index contributed by atoms with van der Waals surface area (Å²) in [6.07, 6.45) is 26.4. The number of hydrogen-bond acceptors (Lipinski definition) is 0. The van der Waals surface area contributed by atoms with Gasteiger partial charge >= 0.3 is 0 Å². The van der Waals surface area contributed by atoms with Gasteiger partial charge in [0.05, 0.1) is 0 Å². The highest BCUT2D eigenvalue weighted by molar-refractivity contribution is 5.26. The first-order chi connectivity index (χ1) is 13.8. The van der Waals surface area contributed by atoms with Gasteiger partial charge in [-0.3, -0.25) is 0 Å². The van der Waals surface area contributed by atoms with Gasteiger partial charge < -0.3 is 0 Å². The summed E-state index contributed by atoms with van der Waals surface area (Å²) in [4.78, 5) is 0. The standard InChI is InChI=1S/C28H42/c1-3-5-6-8-24-9-11-25(12-10-24)13-14-26-17-21-28(22-18-26)27-19-15-23(7-4-2)16-20-27/h9,11,13-16,19-20,24-26,28H,3-8,10,12,17-18,21-22H2,1-2H3/b14-13+. The number of unbranched alkanes of at least 4 members (excludes halogenated alkanes) is 2. The van der Waals surface area contributed by atoms with E-state index in [1.807, 2.05) is 0 Å². The molecule has 0 spiro atoms. The molecule has 2 aliphatic carbocycles. The molecule has 0 aliphatic heterocycles. The van der Waals surface area contributed by atoms with Gasteiger partial charge in [-0.2, -0.15) is 0 Å². The smallest absolute Gasteiger partial charge is 0.00531 e. The summed E-state index contributed by atoms with van der Waals surface area (Å²) in [5.41, 5.74) is 3.07. The van der Waals surface area contributed by atoms with E-state index in [-0.39, 0.29) is 0 Å². The summed E-state index contributed by atoms with van der Waals surface area (Å²) in [5.74, 6) is 3.16. The molecule has 3 rings (SSSR count). The maximum atomic E-state index is 2.56. The quantitative estimate of drug-likeness (QED) is 0.298. The zero-order chi connectivity index (χ0) is 19.6. The molecule has 0 aromatic heterocycles. The van der Waals surface area contributed by atoms with E-state index in [9.17, 15) is 0 Å². The number of allylic oxidation sites excluding steroid dienone is 4. The van der Waals surface area contributed by atoms with E-state index >= 15 is 0 Å². The third-order valence-electron chi connectivity index (χ3n) is 7.07. The van der Waals surface area contributed by atoms with Crippen LogP contribution in [0.4, 0.5) is 0 Å². The van der Waals surface area contributed by atoms with Gasteiger partial charge in [-0.1, -0.05) is 88.1 Å². The Kier molecular flexibility index (Phi) is 8.90. The van der Waals surface area contributed by atoms with Crippen LogP contribution in [0.5, 0.6) is 0 Å². The molecular formula is C28H42. The molecule has 0 radical (unpaired) electrons. The minimum Gasteiger partial charge on any atom is -0.0848 e. The second kappa shape index (κ2) is 11.6. The van der Waals surface area contributed by atoms with Crippen LogP contribution in [0, 0.1) is 17.8 Å². The molecule has 154 valence electrons. The SMILES string of the molecule is CCCCCC1C=CC(/C=C/C2CCC(c3ccc(CCC)cc3)CC2)CC1. The second-order valence-electron chi connectivity index (χ2n) is 9.37. The second-order valence-corrected chi connectivity index (χ2v) is 9.37. The van der Waals surface area contributed by atoms with Crippen molar-refractivity contribution < 1.29 is 0 Å². The fourth-order valence-corrected chi connectivity index (χ4v) is 5.15. The Balaban J connectivity index is 1.40. The fourth-order valence-electron chi connectivity index (χ4n) is 5.15. The molecule has 0 amide bonds. The zero-order valence-electron chi connectivity index (χ0n) is 18.4. The summed E-state index contributed by atoms with van der Waals surface area (Å²) in [6, 6.07) is 9.51. The third kappa shape index (κ3) is 6.64. The molecule has 0 heteroatoms. The summed E-state index contributed by atoms with van der Waals surface area (Å²) >= 11 is 0. The van der Waals surface area contributed by atoms with Crippen LogP contribution in [0.3, 0.4) is 0 Å². The van der Waals surface area contributed by atoms with Crippen molar-refractivity contribution >= 4 is 0 Å². The molecular weight excluding hydrogens is 336 g/mol. The Morgan fingerprint density at radius 3 is 2.21 bits per heavy atom. The summed E-state index contributed by atoms with van der Waals surface area (Å²) < 4.78 is 0. The number of aryl methyl sites for hydroxylation is 1. The van der Waals surface area contributed by atoms with Crippen molar-refractivity contribution in [3.63, 3.8) is 0 Å². The minimum absolute atomic E-state index is 0.700. The van der Waals surface area contributed by atoms with Crippen molar-refractivity contribution in [3.8, 4) is 0 Å².